The second-order valence-electron chi connectivity index (χ2n) is 4.22. The summed E-state index contributed by atoms with van der Waals surface area (Å²) in [7, 11) is 1.95. The third kappa shape index (κ3) is 2.38. The highest BCUT2D eigenvalue weighted by atomic mass is 16.3. The molecule has 0 amide bonds. The van der Waals surface area contributed by atoms with Crippen molar-refractivity contribution in [2.75, 3.05) is 19.7 Å². The number of nitrogens with zero attached hydrogens (tertiary/aromatic N) is 3. The number of likely N-dealkylation sites (tertiary alicyclic amines) is 1. The van der Waals surface area contributed by atoms with Gasteiger partial charge in [-0.15, -0.1) is 0 Å². The van der Waals surface area contributed by atoms with E-state index in [0.717, 1.165) is 19.5 Å². The van der Waals surface area contributed by atoms with E-state index in [1.165, 1.54) is 18.4 Å². The second kappa shape index (κ2) is 4.77. The van der Waals surface area contributed by atoms with E-state index in [-0.39, 0.29) is 6.61 Å². The topological polar surface area (TPSA) is 41.3 Å². The largest absolute Gasteiger partial charge is 0.396 e. The molecule has 0 bridgehead atoms. The van der Waals surface area contributed by atoms with Crippen LogP contribution in [0.4, 0.5) is 0 Å². The van der Waals surface area contributed by atoms with Crippen LogP contribution in [0.25, 0.3) is 0 Å². The number of hydrogen-bond donors (Lipinski definition) is 1. The normalized spacial score (nSPS) is 22.4. The van der Waals surface area contributed by atoms with Crippen LogP contribution in [-0.4, -0.2) is 39.5 Å². The molecular weight excluding hydrogens is 190 g/mol. The van der Waals surface area contributed by atoms with E-state index in [1.54, 1.807) is 0 Å². The summed E-state index contributed by atoms with van der Waals surface area (Å²) in [4.78, 5) is 2.45. The second-order valence-corrected chi connectivity index (χ2v) is 4.22. The fourth-order valence-electron chi connectivity index (χ4n) is 2.36. The predicted octanol–water partition coefficient (Wildman–Crippen LogP) is 0.939. The van der Waals surface area contributed by atoms with Gasteiger partial charge in [-0.25, -0.2) is 0 Å². The van der Waals surface area contributed by atoms with E-state index >= 15 is 0 Å². The van der Waals surface area contributed by atoms with Crippen LogP contribution in [0.5, 0.6) is 0 Å². The zero-order valence-corrected chi connectivity index (χ0v) is 9.26. The van der Waals surface area contributed by atoms with Gasteiger partial charge in [-0.2, -0.15) is 5.10 Å². The molecule has 84 valence electrons. The van der Waals surface area contributed by atoms with E-state index in [2.05, 4.69) is 16.2 Å². The first kappa shape index (κ1) is 10.6. The number of aliphatic hydroxyl groups is 1. The summed E-state index contributed by atoms with van der Waals surface area (Å²) < 4.78 is 1.86. The van der Waals surface area contributed by atoms with E-state index < -0.39 is 0 Å². The number of aryl methyl sites for hydroxylation is 1. The minimum absolute atomic E-state index is 0.288. The molecule has 1 aliphatic heterocycles. The van der Waals surface area contributed by atoms with Crippen LogP contribution in [0.3, 0.4) is 0 Å². The predicted molar refractivity (Wildman–Crippen MR) is 58.5 cm³/mol. The maximum Gasteiger partial charge on any atom is 0.0537 e. The Labute approximate surface area is 90.5 Å². The third-order valence-electron chi connectivity index (χ3n) is 3.08. The zero-order chi connectivity index (χ0) is 10.7. The van der Waals surface area contributed by atoms with Gasteiger partial charge in [0.2, 0.25) is 0 Å². The van der Waals surface area contributed by atoms with Crippen molar-refractivity contribution in [3.05, 3.63) is 18.0 Å². The van der Waals surface area contributed by atoms with Gasteiger partial charge in [0.15, 0.2) is 0 Å². The average molecular weight is 209 g/mol. The van der Waals surface area contributed by atoms with Crippen LogP contribution in [0.2, 0.25) is 0 Å². The lowest BCUT2D eigenvalue weighted by Gasteiger charge is -2.22. The summed E-state index contributed by atoms with van der Waals surface area (Å²) in [6.45, 7) is 2.44. The first-order valence-corrected chi connectivity index (χ1v) is 5.64. The third-order valence-corrected chi connectivity index (χ3v) is 3.08. The molecule has 0 aliphatic carbocycles. The molecule has 1 aromatic rings. The Morgan fingerprint density at radius 1 is 1.60 bits per heavy atom. The van der Waals surface area contributed by atoms with Gasteiger partial charge in [0.25, 0.3) is 0 Å². The zero-order valence-electron chi connectivity index (χ0n) is 9.26. The van der Waals surface area contributed by atoms with Crippen molar-refractivity contribution in [1.82, 2.24) is 14.7 Å². The molecule has 0 aromatic carbocycles. The first-order valence-electron chi connectivity index (χ1n) is 5.64. The highest BCUT2D eigenvalue weighted by Crippen LogP contribution is 2.31. The van der Waals surface area contributed by atoms with Gasteiger partial charge in [0, 0.05) is 38.0 Å². The first-order chi connectivity index (χ1) is 7.31. The van der Waals surface area contributed by atoms with Gasteiger partial charge < -0.3 is 5.11 Å². The standard InChI is InChI=1S/C11H19N3O/c1-13-9-10(8-12-13)11-4-2-5-14(11)6-3-7-15/h8-9,11,15H,2-7H2,1H3/t11-/m0/s1. The molecule has 1 fully saturated rings. The molecule has 1 saturated heterocycles. The highest BCUT2D eigenvalue weighted by molar-refractivity contribution is 5.12. The maximum absolute atomic E-state index is 8.84. The van der Waals surface area contributed by atoms with Crippen LogP contribution >= 0.6 is 0 Å². The fourth-order valence-corrected chi connectivity index (χ4v) is 2.36. The summed E-state index contributed by atoms with van der Waals surface area (Å²) in [6.07, 6.45) is 7.41. The molecule has 0 saturated carbocycles. The summed E-state index contributed by atoms with van der Waals surface area (Å²) >= 11 is 0. The van der Waals surface area contributed by atoms with Gasteiger partial charge >= 0.3 is 0 Å². The van der Waals surface area contributed by atoms with Crippen molar-refractivity contribution in [2.45, 2.75) is 25.3 Å². The van der Waals surface area contributed by atoms with Gasteiger partial charge in [0.1, 0.15) is 0 Å². The Kier molecular flexibility index (Phi) is 3.38. The molecule has 1 aliphatic rings. The Morgan fingerprint density at radius 2 is 2.47 bits per heavy atom. The Balaban J connectivity index is 2.01. The van der Waals surface area contributed by atoms with Crippen molar-refractivity contribution in [1.29, 1.82) is 0 Å². The summed E-state index contributed by atoms with van der Waals surface area (Å²) in [6, 6.07) is 0.519. The fraction of sp³-hybridized carbons (Fsp3) is 0.727. The number of rotatable bonds is 4. The number of hydrogen-bond acceptors (Lipinski definition) is 3. The molecule has 1 N–H and O–H groups in total. The molecule has 15 heavy (non-hydrogen) atoms. The summed E-state index contributed by atoms with van der Waals surface area (Å²) in [5, 5.41) is 13.1. The smallest absolute Gasteiger partial charge is 0.0537 e. The lowest BCUT2D eigenvalue weighted by Crippen LogP contribution is -2.24. The average Bonchev–Trinajstić information content (AvgIpc) is 2.82. The highest BCUT2D eigenvalue weighted by Gasteiger charge is 2.26. The van der Waals surface area contributed by atoms with Crippen LogP contribution < -0.4 is 0 Å². The SMILES string of the molecule is Cn1cc([C@@H]2CCCN2CCCO)cn1. The maximum atomic E-state index is 8.84. The van der Waals surface area contributed by atoms with Crippen LogP contribution in [0, 0.1) is 0 Å². The molecule has 2 rings (SSSR count). The van der Waals surface area contributed by atoms with Gasteiger partial charge in [0.05, 0.1) is 6.20 Å². The molecule has 4 nitrogen and oxygen atoms in total. The monoisotopic (exact) mass is 209 g/mol. The Hall–Kier alpha value is -0.870. The van der Waals surface area contributed by atoms with E-state index in [0.29, 0.717) is 6.04 Å². The summed E-state index contributed by atoms with van der Waals surface area (Å²) in [5.41, 5.74) is 1.31. The van der Waals surface area contributed by atoms with E-state index in [4.69, 9.17) is 5.11 Å². The Morgan fingerprint density at radius 3 is 3.13 bits per heavy atom. The van der Waals surface area contributed by atoms with E-state index in [9.17, 15) is 0 Å². The molecule has 1 aromatic heterocycles. The lowest BCUT2D eigenvalue weighted by atomic mass is 10.1. The molecule has 2 heterocycles. The van der Waals surface area contributed by atoms with Crippen LogP contribution in [0.1, 0.15) is 30.9 Å². The van der Waals surface area contributed by atoms with Crippen LogP contribution in [-0.2, 0) is 7.05 Å². The van der Waals surface area contributed by atoms with Gasteiger partial charge in [-0.1, -0.05) is 0 Å². The van der Waals surface area contributed by atoms with Crippen molar-refractivity contribution in [3.63, 3.8) is 0 Å². The molecule has 0 unspecified atom stereocenters. The Bertz CT molecular complexity index is 311. The molecular formula is C11H19N3O. The van der Waals surface area contributed by atoms with Gasteiger partial charge in [-0.05, 0) is 25.8 Å². The minimum atomic E-state index is 0.288. The molecule has 4 heteroatoms. The minimum Gasteiger partial charge on any atom is -0.396 e. The number of aromatic nitrogens is 2. The van der Waals surface area contributed by atoms with Crippen LogP contribution in [0.15, 0.2) is 12.4 Å². The summed E-state index contributed by atoms with van der Waals surface area (Å²) in [5.74, 6) is 0. The van der Waals surface area contributed by atoms with Crippen molar-refractivity contribution >= 4 is 0 Å². The molecule has 0 spiro atoms. The van der Waals surface area contributed by atoms with Crippen molar-refractivity contribution in [2.24, 2.45) is 7.05 Å². The quantitative estimate of drug-likeness (QED) is 0.802. The van der Waals surface area contributed by atoms with Gasteiger partial charge in [-0.3, -0.25) is 9.58 Å². The van der Waals surface area contributed by atoms with Crippen molar-refractivity contribution < 1.29 is 5.11 Å². The molecule has 0 radical (unpaired) electrons. The van der Waals surface area contributed by atoms with Crippen molar-refractivity contribution in [3.8, 4) is 0 Å². The van der Waals surface area contributed by atoms with E-state index in [1.807, 2.05) is 17.9 Å². The lowest BCUT2D eigenvalue weighted by molar-refractivity contribution is 0.213. The number of aliphatic hydroxyl groups excluding tert-OH is 1. The molecule has 1 atom stereocenters.